The van der Waals surface area contributed by atoms with Crippen LogP contribution >= 0.6 is 11.3 Å². The highest BCUT2D eigenvalue weighted by Gasteiger charge is 2.06. The number of ether oxygens (including phenoxy) is 1. The van der Waals surface area contributed by atoms with Crippen molar-refractivity contribution >= 4 is 22.4 Å². The highest BCUT2D eigenvalue weighted by Crippen LogP contribution is 2.15. The summed E-state index contributed by atoms with van der Waals surface area (Å²) in [6, 6.07) is 8.03. The first-order valence-corrected chi connectivity index (χ1v) is 7.80. The van der Waals surface area contributed by atoms with Crippen LogP contribution in [0.4, 0.5) is 5.13 Å². The molecule has 1 heterocycles. The van der Waals surface area contributed by atoms with Crippen molar-refractivity contribution in [1.82, 2.24) is 10.2 Å². The number of nitrogens with zero attached hydrogens (tertiary/aromatic N) is 2. The van der Waals surface area contributed by atoms with Gasteiger partial charge in [-0.05, 0) is 37.5 Å². The number of amides is 1. The topological polar surface area (TPSA) is 64.1 Å². The van der Waals surface area contributed by atoms with Gasteiger partial charge < -0.3 is 10.1 Å². The lowest BCUT2D eigenvalue weighted by Crippen LogP contribution is -2.12. The highest BCUT2D eigenvalue weighted by atomic mass is 32.1. The van der Waals surface area contributed by atoms with Crippen LogP contribution in [0.15, 0.2) is 24.3 Å². The standard InChI is InChI=1S/C15H19N3O2S/c1-3-12-6-8-13(9-7-12)20-10-4-5-14(19)16-15-18-17-11(2)21-15/h6-9H,3-5,10H2,1-2H3,(H,16,18,19). The van der Waals surface area contributed by atoms with E-state index in [0.29, 0.717) is 24.6 Å². The summed E-state index contributed by atoms with van der Waals surface area (Å²) in [5.74, 6) is 0.781. The molecule has 21 heavy (non-hydrogen) atoms. The van der Waals surface area contributed by atoms with Crippen LogP contribution in [-0.2, 0) is 11.2 Å². The Morgan fingerprint density at radius 3 is 2.67 bits per heavy atom. The van der Waals surface area contributed by atoms with Gasteiger partial charge in [-0.3, -0.25) is 4.79 Å². The smallest absolute Gasteiger partial charge is 0.226 e. The number of benzene rings is 1. The zero-order chi connectivity index (χ0) is 15.1. The Balaban J connectivity index is 1.65. The summed E-state index contributed by atoms with van der Waals surface area (Å²) in [5.41, 5.74) is 1.29. The molecule has 5 nitrogen and oxygen atoms in total. The van der Waals surface area contributed by atoms with Crippen molar-refractivity contribution in [2.24, 2.45) is 0 Å². The van der Waals surface area contributed by atoms with Gasteiger partial charge in [0.1, 0.15) is 10.8 Å². The van der Waals surface area contributed by atoms with Crippen LogP contribution < -0.4 is 10.1 Å². The number of hydrogen-bond acceptors (Lipinski definition) is 5. The predicted octanol–water partition coefficient (Wildman–Crippen LogP) is 3.21. The molecule has 0 atom stereocenters. The maximum absolute atomic E-state index is 11.7. The Labute approximate surface area is 128 Å². The predicted molar refractivity (Wildman–Crippen MR) is 83.8 cm³/mol. The summed E-state index contributed by atoms with van der Waals surface area (Å²) in [6.07, 6.45) is 2.09. The van der Waals surface area contributed by atoms with E-state index in [9.17, 15) is 4.79 Å². The fourth-order valence-electron chi connectivity index (χ4n) is 1.77. The van der Waals surface area contributed by atoms with E-state index in [4.69, 9.17) is 4.74 Å². The van der Waals surface area contributed by atoms with Crippen molar-refractivity contribution in [2.75, 3.05) is 11.9 Å². The molecule has 0 unspecified atom stereocenters. The van der Waals surface area contributed by atoms with Gasteiger partial charge in [-0.15, -0.1) is 10.2 Å². The van der Waals surface area contributed by atoms with Gasteiger partial charge in [0.25, 0.3) is 0 Å². The number of rotatable bonds is 7. The summed E-state index contributed by atoms with van der Waals surface area (Å²) in [4.78, 5) is 11.7. The number of anilines is 1. The van der Waals surface area contributed by atoms with E-state index in [1.165, 1.54) is 16.9 Å². The lowest BCUT2D eigenvalue weighted by molar-refractivity contribution is -0.116. The molecule has 0 fully saturated rings. The third kappa shape index (κ3) is 5.15. The SMILES string of the molecule is CCc1ccc(OCCCC(=O)Nc2nnc(C)s2)cc1. The Kier molecular flexibility index (Phi) is 5.68. The molecule has 2 aromatic rings. The van der Waals surface area contributed by atoms with Crippen molar-refractivity contribution in [2.45, 2.75) is 33.1 Å². The molecule has 1 N–H and O–H groups in total. The molecule has 1 amide bonds. The van der Waals surface area contributed by atoms with E-state index < -0.39 is 0 Å². The van der Waals surface area contributed by atoms with Gasteiger partial charge in [0.15, 0.2) is 0 Å². The average Bonchev–Trinajstić information content (AvgIpc) is 2.89. The molecule has 0 aliphatic carbocycles. The fraction of sp³-hybridized carbons (Fsp3) is 0.400. The van der Waals surface area contributed by atoms with Crippen LogP contribution in [0.2, 0.25) is 0 Å². The second-order valence-electron chi connectivity index (χ2n) is 4.62. The first kappa shape index (κ1) is 15.4. The molecule has 2 rings (SSSR count). The summed E-state index contributed by atoms with van der Waals surface area (Å²) >= 11 is 1.37. The van der Waals surface area contributed by atoms with E-state index in [1.54, 1.807) is 0 Å². The summed E-state index contributed by atoms with van der Waals surface area (Å²) in [7, 11) is 0. The van der Waals surface area contributed by atoms with Crippen molar-refractivity contribution in [3.05, 3.63) is 34.8 Å². The molecule has 1 aromatic heterocycles. The molecule has 1 aromatic carbocycles. The van der Waals surface area contributed by atoms with E-state index in [0.717, 1.165) is 17.2 Å². The Hall–Kier alpha value is -1.95. The van der Waals surface area contributed by atoms with Gasteiger partial charge in [-0.1, -0.05) is 30.4 Å². The summed E-state index contributed by atoms with van der Waals surface area (Å²) in [5, 5.41) is 11.8. The number of aryl methyl sites for hydroxylation is 2. The second-order valence-corrected chi connectivity index (χ2v) is 5.81. The lowest BCUT2D eigenvalue weighted by atomic mass is 10.2. The number of carbonyl (C=O) groups is 1. The second kappa shape index (κ2) is 7.73. The fourth-order valence-corrected chi connectivity index (χ4v) is 2.38. The van der Waals surface area contributed by atoms with Crippen LogP contribution in [-0.4, -0.2) is 22.7 Å². The summed E-state index contributed by atoms with van der Waals surface area (Å²) < 4.78 is 5.60. The average molecular weight is 305 g/mol. The normalized spacial score (nSPS) is 10.4. The molecule has 0 saturated carbocycles. The van der Waals surface area contributed by atoms with E-state index in [-0.39, 0.29) is 5.91 Å². The van der Waals surface area contributed by atoms with Gasteiger partial charge in [0.05, 0.1) is 6.61 Å². The molecule has 0 spiro atoms. The number of nitrogens with one attached hydrogen (secondary N) is 1. The van der Waals surface area contributed by atoms with Crippen LogP contribution in [0.1, 0.15) is 30.3 Å². The maximum atomic E-state index is 11.7. The maximum Gasteiger partial charge on any atom is 0.226 e. The third-order valence-corrected chi connectivity index (χ3v) is 3.68. The molecule has 0 radical (unpaired) electrons. The highest BCUT2D eigenvalue weighted by molar-refractivity contribution is 7.15. The number of carbonyl (C=O) groups excluding carboxylic acids is 1. The number of hydrogen-bond donors (Lipinski definition) is 1. The quantitative estimate of drug-likeness (QED) is 0.798. The van der Waals surface area contributed by atoms with Crippen molar-refractivity contribution in [3.63, 3.8) is 0 Å². The Bertz CT molecular complexity index is 581. The first-order chi connectivity index (χ1) is 10.2. The molecule has 6 heteroatoms. The van der Waals surface area contributed by atoms with E-state index >= 15 is 0 Å². The van der Waals surface area contributed by atoms with Crippen LogP contribution in [0, 0.1) is 6.92 Å². The Morgan fingerprint density at radius 2 is 2.05 bits per heavy atom. The largest absolute Gasteiger partial charge is 0.494 e. The van der Waals surface area contributed by atoms with Gasteiger partial charge in [0, 0.05) is 6.42 Å². The van der Waals surface area contributed by atoms with Gasteiger partial charge in [-0.2, -0.15) is 0 Å². The minimum atomic E-state index is -0.0592. The minimum Gasteiger partial charge on any atom is -0.494 e. The minimum absolute atomic E-state index is 0.0592. The van der Waals surface area contributed by atoms with Crippen molar-refractivity contribution < 1.29 is 9.53 Å². The van der Waals surface area contributed by atoms with Gasteiger partial charge in [0.2, 0.25) is 11.0 Å². The third-order valence-electron chi connectivity index (χ3n) is 2.92. The van der Waals surface area contributed by atoms with E-state index in [1.807, 2.05) is 19.1 Å². The Morgan fingerprint density at radius 1 is 1.29 bits per heavy atom. The first-order valence-electron chi connectivity index (χ1n) is 6.99. The molecule has 0 saturated heterocycles. The molecular formula is C15H19N3O2S. The van der Waals surface area contributed by atoms with E-state index in [2.05, 4.69) is 34.6 Å². The van der Waals surface area contributed by atoms with Crippen LogP contribution in [0.5, 0.6) is 5.75 Å². The van der Waals surface area contributed by atoms with Crippen LogP contribution in [0.25, 0.3) is 0 Å². The molecular weight excluding hydrogens is 286 g/mol. The molecule has 112 valence electrons. The van der Waals surface area contributed by atoms with Crippen molar-refractivity contribution in [1.29, 1.82) is 0 Å². The molecule has 0 aliphatic heterocycles. The lowest BCUT2D eigenvalue weighted by Gasteiger charge is -2.06. The summed E-state index contributed by atoms with van der Waals surface area (Å²) in [6.45, 7) is 4.49. The zero-order valence-electron chi connectivity index (χ0n) is 12.3. The van der Waals surface area contributed by atoms with Crippen molar-refractivity contribution in [3.8, 4) is 5.75 Å². The number of aromatic nitrogens is 2. The van der Waals surface area contributed by atoms with Gasteiger partial charge >= 0.3 is 0 Å². The monoisotopic (exact) mass is 305 g/mol. The molecule has 0 bridgehead atoms. The van der Waals surface area contributed by atoms with Crippen LogP contribution in [0.3, 0.4) is 0 Å². The zero-order valence-corrected chi connectivity index (χ0v) is 13.1. The van der Waals surface area contributed by atoms with Gasteiger partial charge in [-0.25, -0.2) is 0 Å². The molecule has 0 aliphatic rings.